The third-order valence-electron chi connectivity index (χ3n) is 12.8. The predicted octanol–water partition coefficient (Wildman–Crippen LogP) is 8.11. The first-order chi connectivity index (χ1) is 35.2. The van der Waals surface area contributed by atoms with Gasteiger partial charge in [-0.1, -0.05) is 60.7 Å². The van der Waals surface area contributed by atoms with Gasteiger partial charge in [0.2, 0.25) is 33.3 Å². The van der Waals surface area contributed by atoms with E-state index in [1.165, 1.54) is 43.9 Å². The van der Waals surface area contributed by atoms with Gasteiger partial charge in [0.25, 0.3) is 5.91 Å². The molecule has 0 atom stereocenters. The molecule has 18 heteroatoms. The van der Waals surface area contributed by atoms with E-state index in [1.807, 2.05) is 78.9 Å². The number of carbonyl (C=O) groups is 3. The standard InChI is InChI=1S/C35H33N3O6S.C20H16N2O6/c1-37(45(4,40)41)32-27-16-11-19-36-31(27)34(44-33(23-12-7-5-8-13-23)24-14-9-6-10-15-24)30-28(32)22-38(35(30)39)21-25-17-18-26(42-2)20-29(25)43-3;1-27-11-6-5-10(13(8-11)28-2)9-22-19(25)14-15(20(22)26)18(24)16-12(17(14)23)4-3-7-21-16/h5-20,33H,21-22H2,1-4H3;3-8,25-26H,9H2,1-2H3. The number of ketones is 2. The number of carbonyl (C=O) groups excluding carboxylic acids is 3. The van der Waals surface area contributed by atoms with Crippen LogP contribution in [0.15, 0.2) is 134 Å². The minimum absolute atomic E-state index is 0.0256. The molecular weight excluding hydrogens is 955 g/mol. The zero-order chi connectivity index (χ0) is 51.7. The van der Waals surface area contributed by atoms with Crippen LogP contribution in [0, 0.1) is 0 Å². The number of nitrogens with zero attached hydrogens (tertiary/aromatic N) is 5. The van der Waals surface area contributed by atoms with E-state index >= 15 is 0 Å². The Morgan fingerprint density at radius 2 is 1.21 bits per heavy atom. The summed E-state index contributed by atoms with van der Waals surface area (Å²) in [7, 11) is 3.94. The summed E-state index contributed by atoms with van der Waals surface area (Å²) in [6, 6.07) is 36.6. The second kappa shape index (κ2) is 20.1. The number of fused-ring (bicyclic) bond motifs is 4. The molecule has 0 unspecified atom stereocenters. The minimum atomic E-state index is -3.70. The Morgan fingerprint density at radius 3 is 1.77 bits per heavy atom. The lowest BCUT2D eigenvalue weighted by molar-refractivity contribution is 0.0761. The molecule has 1 aliphatic heterocycles. The van der Waals surface area contributed by atoms with Crippen molar-refractivity contribution >= 4 is 44.1 Å². The molecular formula is C55H49N5O12S. The van der Waals surface area contributed by atoms with Crippen molar-refractivity contribution in [3.63, 3.8) is 0 Å². The zero-order valence-corrected chi connectivity index (χ0v) is 41.3. The van der Waals surface area contributed by atoms with Gasteiger partial charge in [0.05, 0.1) is 63.6 Å². The van der Waals surface area contributed by atoms with Gasteiger partial charge < -0.3 is 38.8 Å². The third kappa shape index (κ3) is 9.08. The molecule has 4 heterocycles. The van der Waals surface area contributed by atoms with E-state index < -0.39 is 39.5 Å². The Bertz CT molecular complexity index is 3470. The highest BCUT2D eigenvalue weighted by Gasteiger charge is 2.41. The number of aromatic nitrogens is 3. The average Bonchev–Trinajstić information content (AvgIpc) is 3.87. The quantitative estimate of drug-likeness (QED) is 0.106. The highest BCUT2D eigenvalue weighted by Crippen LogP contribution is 2.48. The Morgan fingerprint density at radius 1 is 0.658 bits per heavy atom. The summed E-state index contributed by atoms with van der Waals surface area (Å²) in [5.74, 6) is 0.0853. The van der Waals surface area contributed by atoms with E-state index in [0.717, 1.165) is 27.5 Å². The van der Waals surface area contributed by atoms with Gasteiger partial charge in [-0.3, -0.25) is 33.2 Å². The van der Waals surface area contributed by atoms with E-state index in [-0.39, 0.29) is 53.5 Å². The lowest BCUT2D eigenvalue weighted by Crippen LogP contribution is -2.26. The summed E-state index contributed by atoms with van der Waals surface area (Å²) < 4.78 is 56.6. The molecule has 372 valence electrons. The number of aromatic hydroxyl groups is 2. The molecule has 3 aromatic heterocycles. The topological polar surface area (TPSA) is 209 Å². The van der Waals surface area contributed by atoms with Gasteiger partial charge in [-0.2, -0.15) is 0 Å². The number of rotatable bonds is 14. The highest BCUT2D eigenvalue weighted by molar-refractivity contribution is 7.92. The van der Waals surface area contributed by atoms with Crippen LogP contribution in [0.2, 0.25) is 0 Å². The number of methoxy groups -OCH3 is 4. The fourth-order valence-electron chi connectivity index (χ4n) is 9.12. The predicted molar refractivity (Wildman–Crippen MR) is 271 cm³/mol. The van der Waals surface area contributed by atoms with Crippen molar-refractivity contribution < 1.29 is 56.7 Å². The summed E-state index contributed by atoms with van der Waals surface area (Å²) in [5, 5.41) is 21.8. The molecule has 5 aromatic carbocycles. The van der Waals surface area contributed by atoms with Crippen LogP contribution in [0.4, 0.5) is 5.69 Å². The van der Waals surface area contributed by atoms with Gasteiger partial charge in [0.1, 0.15) is 45.9 Å². The number of benzene rings is 5. The first kappa shape index (κ1) is 49.1. The van der Waals surface area contributed by atoms with Gasteiger partial charge in [-0.05, 0) is 59.7 Å². The van der Waals surface area contributed by atoms with Crippen molar-refractivity contribution in [2.24, 2.45) is 0 Å². The number of anilines is 1. The van der Waals surface area contributed by atoms with Gasteiger partial charge in [-0.15, -0.1) is 0 Å². The molecule has 0 bridgehead atoms. The summed E-state index contributed by atoms with van der Waals surface area (Å²) in [4.78, 5) is 50.3. The lowest BCUT2D eigenvalue weighted by Gasteiger charge is -2.26. The molecule has 8 aromatic rings. The number of hydrogen-bond donors (Lipinski definition) is 2. The number of ether oxygens (including phenoxy) is 5. The van der Waals surface area contributed by atoms with Crippen LogP contribution in [0.3, 0.4) is 0 Å². The zero-order valence-electron chi connectivity index (χ0n) is 40.5. The Balaban J connectivity index is 0.000000200. The van der Waals surface area contributed by atoms with E-state index in [1.54, 1.807) is 55.6 Å². The van der Waals surface area contributed by atoms with Crippen molar-refractivity contribution in [2.45, 2.75) is 25.7 Å². The Kier molecular flexibility index (Phi) is 13.5. The minimum Gasteiger partial charge on any atom is -0.497 e. The third-order valence-corrected chi connectivity index (χ3v) is 14.0. The van der Waals surface area contributed by atoms with E-state index in [4.69, 9.17) is 23.7 Å². The van der Waals surface area contributed by atoms with Crippen LogP contribution in [0.5, 0.6) is 40.5 Å². The molecule has 1 amide bonds. The molecule has 10 rings (SSSR count). The van der Waals surface area contributed by atoms with Crippen molar-refractivity contribution in [2.75, 3.05) is 46.0 Å². The molecule has 0 saturated heterocycles. The van der Waals surface area contributed by atoms with Crippen LogP contribution in [0.1, 0.15) is 76.3 Å². The van der Waals surface area contributed by atoms with Crippen LogP contribution >= 0.6 is 0 Å². The maximum Gasteiger partial charge on any atom is 0.258 e. The number of hydrogen-bond acceptors (Lipinski definition) is 14. The molecule has 1 aliphatic carbocycles. The van der Waals surface area contributed by atoms with Gasteiger partial charge in [-0.25, -0.2) is 8.42 Å². The molecule has 0 radical (unpaired) electrons. The summed E-state index contributed by atoms with van der Waals surface area (Å²) >= 11 is 0. The van der Waals surface area contributed by atoms with E-state index in [2.05, 4.69) is 9.97 Å². The fourth-order valence-corrected chi connectivity index (χ4v) is 9.66. The fraction of sp³-hybridized carbons (Fsp3) is 0.182. The normalized spacial score (nSPS) is 12.7. The summed E-state index contributed by atoms with van der Waals surface area (Å²) in [6.07, 6.45) is 3.59. The summed E-state index contributed by atoms with van der Waals surface area (Å²) in [6.45, 7) is 0.343. The first-order valence-corrected chi connectivity index (χ1v) is 24.6. The van der Waals surface area contributed by atoms with Gasteiger partial charge in [0, 0.05) is 66.7 Å². The van der Waals surface area contributed by atoms with Crippen molar-refractivity contribution in [3.05, 3.63) is 189 Å². The Labute approximate surface area is 420 Å². The lowest BCUT2D eigenvalue weighted by atomic mass is 9.89. The maximum atomic E-state index is 14.5. The second-order valence-electron chi connectivity index (χ2n) is 17.0. The maximum absolute atomic E-state index is 14.5. The first-order valence-electron chi connectivity index (χ1n) is 22.7. The molecule has 2 aliphatic rings. The number of sulfonamides is 1. The van der Waals surface area contributed by atoms with Crippen LogP contribution in [-0.4, -0.2) is 97.3 Å². The van der Waals surface area contributed by atoms with Gasteiger partial charge >= 0.3 is 0 Å². The van der Waals surface area contributed by atoms with E-state index in [9.17, 15) is 33.0 Å². The molecule has 2 N–H and O–H groups in total. The molecule has 17 nitrogen and oxygen atoms in total. The van der Waals surface area contributed by atoms with Crippen molar-refractivity contribution in [1.29, 1.82) is 0 Å². The highest BCUT2D eigenvalue weighted by atomic mass is 32.2. The molecule has 0 spiro atoms. The van der Waals surface area contributed by atoms with Crippen LogP contribution in [-0.2, 0) is 29.7 Å². The second-order valence-corrected chi connectivity index (χ2v) is 19.1. The molecule has 0 fully saturated rings. The van der Waals surface area contributed by atoms with Crippen molar-refractivity contribution in [1.82, 2.24) is 19.4 Å². The van der Waals surface area contributed by atoms with Gasteiger partial charge in [0.15, 0.2) is 5.75 Å². The smallest absolute Gasteiger partial charge is 0.258 e. The largest absolute Gasteiger partial charge is 0.497 e. The summed E-state index contributed by atoms with van der Waals surface area (Å²) in [5.41, 5.74) is 4.37. The molecule has 0 saturated carbocycles. The molecule has 73 heavy (non-hydrogen) atoms. The monoisotopic (exact) mass is 1000 g/mol. The number of pyridine rings is 2. The van der Waals surface area contributed by atoms with Crippen LogP contribution < -0.4 is 28.0 Å². The van der Waals surface area contributed by atoms with E-state index in [0.29, 0.717) is 56.5 Å². The SMILES string of the molecule is COc1ccc(CN2Cc3c(c(OC(c4ccccc4)c4ccccc4)c4ncccc4c3N(C)S(C)(=O)=O)C2=O)c(OC)c1.COc1ccc(Cn2c(O)c3c(c2O)C(=O)c2ncccc2C3=O)c(OC)c1. The van der Waals surface area contributed by atoms with Crippen LogP contribution in [0.25, 0.3) is 10.9 Å². The average molecular weight is 1000 g/mol. The number of amides is 1. The van der Waals surface area contributed by atoms with Crippen molar-refractivity contribution in [3.8, 4) is 40.5 Å². The Hall–Kier alpha value is -8.90.